The van der Waals surface area contributed by atoms with Gasteiger partial charge in [0.15, 0.2) is 0 Å². The Morgan fingerprint density at radius 2 is 2.00 bits per heavy atom. The molecule has 0 N–H and O–H groups in total. The third-order valence-electron chi connectivity index (χ3n) is 2.43. The van der Waals surface area contributed by atoms with Gasteiger partial charge in [-0.2, -0.15) is 5.26 Å². The van der Waals surface area contributed by atoms with Gasteiger partial charge in [-0.1, -0.05) is 13.8 Å². The minimum absolute atomic E-state index is 0.343. The van der Waals surface area contributed by atoms with Gasteiger partial charge in [0, 0.05) is 23.5 Å². The van der Waals surface area contributed by atoms with E-state index in [1.807, 2.05) is 6.07 Å². The molecule has 2 heterocycles. The first kappa shape index (κ1) is 13.0. The van der Waals surface area contributed by atoms with Crippen molar-refractivity contribution in [2.45, 2.75) is 13.8 Å². The van der Waals surface area contributed by atoms with Gasteiger partial charge >= 0.3 is 0 Å². The van der Waals surface area contributed by atoms with Crippen LogP contribution in [0.4, 0.5) is 0 Å². The minimum atomic E-state index is 0.343. The maximum absolute atomic E-state index is 8.93. The van der Waals surface area contributed by atoms with Crippen molar-refractivity contribution >= 4 is 0 Å². The quantitative estimate of drug-likeness (QED) is 0.838. The Hall–Kier alpha value is -2.48. The predicted octanol–water partition coefficient (Wildman–Crippen LogP) is 2.45. The summed E-state index contributed by atoms with van der Waals surface area (Å²) in [4.78, 5) is 12.0. The zero-order valence-electron chi connectivity index (χ0n) is 10.9. The summed E-state index contributed by atoms with van der Waals surface area (Å²) >= 11 is 0. The van der Waals surface area contributed by atoms with Crippen LogP contribution in [-0.4, -0.2) is 21.6 Å². The summed E-state index contributed by atoms with van der Waals surface area (Å²) in [5, 5.41) is 8.93. The zero-order valence-corrected chi connectivity index (χ0v) is 10.9. The highest BCUT2D eigenvalue weighted by atomic mass is 16.5. The van der Waals surface area contributed by atoms with Crippen LogP contribution in [0.5, 0.6) is 5.75 Å². The van der Waals surface area contributed by atoms with E-state index in [2.05, 4.69) is 28.8 Å². The van der Waals surface area contributed by atoms with Gasteiger partial charge in [0.05, 0.1) is 12.8 Å². The van der Waals surface area contributed by atoms with Gasteiger partial charge < -0.3 is 4.74 Å². The van der Waals surface area contributed by atoms with Crippen molar-refractivity contribution in [3.63, 3.8) is 0 Å². The molecule has 5 nitrogen and oxygen atoms in total. The summed E-state index contributed by atoms with van der Waals surface area (Å²) in [6, 6.07) is 3.71. The number of rotatable bonds is 4. The molecular formula is C14H14N4O. The van der Waals surface area contributed by atoms with Gasteiger partial charge in [0.2, 0.25) is 0 Å². The molecule has 0 saturated heterocycles. The van der Waals surface area contributed by atoms with E-state index in [4.69, 9.17) is 10.00 Å². The molecule has 0 spiro atoms. The van der Waals surface area contributed by atoms with Crippen LogP contribution >= 0.6 is 0 Å². The van der Waals surface area contributed by atoms with Gasteiger partial charge in [-0.3, -0.25) is 0 Å². The largest absolute Gasteiger partial charge is 0.491 e. The molecule has 19 heavy (non-hydrogen) atoms. The average molecular weight is 254 g/mol. The van der Waals surface area contributed by atoms with Crippen LogP contribution in [0.2, 0.25) is 0 Å². The van der Waals surface area contributed by atoms with Crippen molar-refractivity contribution in [2.24, 2.45) is 5.92 Å². The van der Waals surface area contributed by atoms with E-state index in [1.165, 1.54) is 6.33 Å². The van der Waals surface area contributed by atoms with Gasteiger partial charge in [-0.25, -0.2) is 15.0 Å². The lowest BCUT2D eigenvalue weighted by Gasteiger charge is -2.12. The second kappa shape index (κ2) is 5.91. The highest BCUT2D eigenvalue weighted by Gasteiger charge is 2.10. The molecule has 2 aromatic heterocycles. The maximum Gasteiger partial charge on any atom is 0.145 e. The summed E-state index contributed by atoms with van der Waals surface area (Å²) in [6.07, 6.45) is 6.41. The van der Waals surface area contributed by atoms with Gasteiger partial charge in [0.25, 0.3) is 0 Å². The number of aromatic nitrogens is 3. The van der Waals surface area contributed by atoms with Gasteiger partial charge in [-0.05, 0) is 12.0 Å². The van der Waals surface area contributed by atoms with Crippen molar-refractivity contribution < 1.29 is 4.74 Å². The van der Waals surface area contributed by atoms with Crippen molar-refractivity contribution in [3.05, 3.63) is 36.7 Å². The van der Waals surface area contributed by atoms with E-state index in [-0.39, 0.29) is 0 Å². The Balaban J connectivity index is 2.41. The molecule has 0 atom stereocenters. The predicted molar refractivity (Wildman–Crippen MR) is 70.3 cm³/mol. The third-order valence-corrected chi connectivity index (χ3v) is 2.43. The highest BCUT2D eigenvalue weighted by molar-refractivity contribution is 5.69. The molecule has 0 amide bonds. The molecular weight excluding hydrogens is 240 g/mol. The summed E-state index contributed by atoms with van der Waals surface area (Å²) in [5.74, 6) is 1.05. The fourth-order valence-corrected chi connectivity index (χ4v) is 1.54. The molecule has 0 saturated carbocycles. The van der Waals surface area contributed by atoms with Crippen molar-refractivity contribution in [2.75, 3.05) is 6.61 Å². The van der Waals surface area contributed by atoms with E-state index >= 15 is 0 Å². The first-order valence-corrected chi connectivity index (χ1v) is 5.99. The lowest BCUT2D eigenvalue weighted by molar-refractivity contribution is 0.271. The lowest BCUT2D eigenvalue weighted by atomic mass is 10.1. The summed E-state index contributed by atoms with van der Waals surface area (Å²) in [5.41, 5.74) is 1.93. The highest BCUT2D eigenvalue weighted by Crippen LogP contribution is 2.29. The average Bonchev–Trinajstić information content (AvgIpc) is 2.46. The van der Waals surface area contributed by atoms with Crippen molar-refractivity contribution in [1.82, 2.24) is 15.0 Å². The summed E-state index contributed by atoms with van der Waals surface area (Å²) < 4.78 is 5.73. The second-order valence-electron chi connectivity index (χ2n) is 4.51. The Morgan fingerprint density at radius 3 is 2.63 bits per heavy atom. The second-order valence-corrected chi connectivity index (χ2v) is 4.51. The number of nitriles is 1. The molecule has 0 bridgehead atoms. The molecule has 0 aliphatic carbocycles. The first-order valence-electron chi connectivity index (χ1n) is 5.99. The molecule has 96 valence electrons. The number of ether oxygens (including phenoxy) is 1. The number of pyridine rings is 1. The van der Waals surface area contributed by atoms with Crippen LogP contribution in [-0.2, 0) is 0 Å². The van der Waals surface area contributed by atoms with Gasteiger partial charge in [-0.15, -0.1) is 0 Å². The van der Waals surface area contributed by atoms with Crippen molar-refractivity contribution in [3.8, 4) is 22.9 Å². The number of nitrogens with zero attached hydrogens (tertiary/aromatic N) is 4. The molecule has 0 aliphatic heterocycles. The van der Waals surface area contributed by atoms with E-state index in [1.54, 1.807) is 24.7 Å². The van der Waals surface area contributed by atoms with Crippen molar-refractivity contribution in [1.29, 1.82) is 5.26 Å². The van der Waals surface area contributed by atoms with Crippen LogP contribution < -0.4 is 4.74 Å². The Morgan fingerprint density at radius 1 is 1.26 bits per heavy atom. The molecule has 0 unspecified atom stereocenters. The third kappa shape index (κ3) is 3.26. The molecule has 2 rings (SSSR count). The van der Waals surface area contributed by atoms with Crippen LogP contribution in [0.3, 0.4) is 0 Å². The SMILES string of the molecule is CC(C)COc1cnc(C#N)cc1-c1cncnc1. The monoisotopic (exact) mass is 254 g/mol. The van der Waals surface area contributed by atoms with Crippen LogP contribution in [0.25, 0.3) is 11.1 Å². The fraction of sp³-hybridized carbons (Fsp3) is 0.286. The zero-order chi connectivity index (χ0) is 13.7. The molecule has 5 heteroatoms. The normalized spacial score (nSPS) is 10.2. The minimum Gasteiger partial charge on any atom is -0.491 e. The molecule has 0 aromatic carbocycles. The Labute approximate surface area is 111 Å². The topological polar surface area (TPSA) is 71.7 Å². The smallest absolute Gasteiger partial charge is 0.145 e. The lowest BCUT2D eigenvalue weighted by Crippen LogP contribution is -2.06. The Bertz CT molecular complexity index is 590. The fourth-order valence-electron chi connectivity index (χ4n) is 1.54. The first-order chi connectivity index (χ1) is 9.20. The van der Waals surface area contributed by atoms with E-state index in [0.29, 0.717) is 24.0 Å². The number of hydrogen-bond donors (Lipinski definition) is 0. The van der Waals surface area contributed by atoms with Crippen LogP contribution in [0.1, 0.15) is 19.5 Å². The van der Waals surface area contributed by atoms with Gasteiger partial charge in [0.1, 0.15) is 23.8 Å². The standard InChI is InChI=1S/C14H14N4O/c1-10(2)8-19-14-7-18-12(4-15)3-13(14)11-5-16-9-17-6-11/h3,5-7,9-10H,8H2,1-2H3. The van der Waals surface area contributed by atoms with Crippen LogP contribution in [0.15, 0.2) is 31.0 Å². The van der Waals surface area contributed by atoms with E-state index in [0.717, 1.165) is 11.1 Å². The Kier molecular flexibility index (Phi) is 4.04. The molecule has 2 aromatic rings. The summed E-state index contributed by atoms with van der Waals surface area (Å²) in [6.45, 7) is 4.74. The molecule has 0 fully saturated rings. The van der Waals surface area contributed by atoms with E-state index < -0.39 is 0 Å². The van der Waals surface area contributed by atoms with E-state index in [9.17, 15) is 0 Å². The molecule has 0 radical (unpaired) electrons. The maximum atomic E-state index is 8.93. The summed E-state index contributed by atoms with van der Waals surface area (Å²) in [7, 11) is 0. The number of hydrogen-bond acceptors (Lipinski definition) is 5. The molecule has 0 aliphatic rings. The van der Waals surface area contributed by atoms with Crippen LogP contribution in [0, 0.1) is 17.2 Å².